The van der Waals surface area contributed by atoms with E-state index in [9.17, 15) is 8.42 Å². The van der Waals surface area contributed by atoms with E-state index in [1.54, 1.807) is 16.4 Å². The monoisotopic (exact) mass is 384 g/mol. The number of hydrogen-bond acceptors (Lipinski definition) is 4. The lowest BCUT2D eigenvalue weighted by atomic mass is 9.90. The van der Waals surface area contributed by atoms with E-state index in [1.807, 2.05) is 38.1 Å². The van der Waals surface area contributed by atoms with Crippen molar-refractivity contribution in [2.24, 2.45) is 11.1 Å². The van der Waals surface area contributed by atoms with Gasteiger partial charge in [-0.3, -0.25) is 0 Å². The quantitative estimate of drug-likeness (QED) is 0.859. The second kappa shape index (κ2) is 7.50. The molecule has 1 fully saturated rings. The zero-order valence-electron chi connectivity index (χ0n) is 14.6. The van der Waals surface area contributed by atoms with Crippen molar-refractivity contribution in [2.75, 3.05) is 26.2 Å². The molecule has 0 radical (unpaired) electrons. The van der Waals surface area contributed by atoms with Gasteiger partial charge in [0.25, 0.3) is 0 Å². The predicted octanol–water partition coefficient (Wildman–Crippen LogP) is 3.02. The van der Waals surface area contributed by atoms with E-state index < -0.39 is 10.0 Å². The number of halogens is 1. The van der Waals surface area contributed by atoms with Gasteiger partial charge in [-0.05, 0) is 37.4 Å². The highest BCUT2D eigenvalue weighted by Crippen LogP contribution is 2.36. The highest BCUT2D eigenvalue weighted by molar-refractivity contribution is 7.89. The lowest BCUT2D eigenvalue weighted by Crippen LogP contribution is -2.34. The summed E-state index contributed by atoms with van der Waals surface area (Å²) in [6, 6.07) is 10.9. The Kier molecular flexibility index (Phi) is 5.99. The minimum absolute atomic E-state index is 0. The fraction of sp³-hybridized carbons (Fsp3) is 0.444. The molecular weight excluding hydrogens is 360 g/mol. The van der Waals surface area contributed by atoms with Crippen molar-refractivity contribution < 1.29 is 13.2 Å². The van der Waals surface area contributed by atoms with Gasteiger partial charge < -0.3 is 10.5 Å². The molecule has 0 spiro atoms. The van der Waals surface area contributed by atoms with Crippen molar-refractivity contribution in [3.8, 4) is 5.75 Å². The molecule has 5 nitrogen and oxygen atoms in total. The summed E-state index contributed by atoms with van der Waals surface area (Å²) in [6.45, 7) is 5.96. The molecule has 2 aromatic rings. The molecular formula is C18H25ClN2O3S. The van der Waals surface area contributed by atoms with E-state index in [1.165, 1.54) is 0 Å². The van der Waals surface area contributed by atoms with Crippen LogP contribution in [0.25, 0.3) is 10.8 Å². The zero-order valence-corrected chi connectivity index (χ0v) is 16.2. The van der Waals surface area contributed by atoms with Crippen molar-refractivity contribution in [1.29, 1.82) is 0 Å². The summed E-state index contributed by atoms with van der Waals surface area (Å²) in [5.41, 5.74) is 5.67. The number of fused-ring (bicyclic) bond motifs is 1. The van der Waals surface area contributed by atoms with Crippen LogP contribution < -0.4 is 10.5 Å². The molecule has 0 amide bonds. The molecule has 7 heteroatoms. The van der Waals surface area contributed by atoms with E-state index in [0.29, 0.717) is 42.3 Å². The van der Waals surface area contributed by atoms with E-state index in [0.717, 1.165) is 11.8 Å². The standard InChI is InChI=1S/C18H24N2O3S.ClH/c1-3-23-16-8-9-17(15-7-5-4-6-14(15)16)24(21,22)20-11-10-18(2,12-19)13-20;/h4-9H,3,10-13,19H2,1-2H3;1H. The number of benzene rings is 2. The molecule has 0 aromatic heterocycles. The third-order valence-electron chi connectivity index (χ3n) is 4.78. The van der Waals surface area contributed by atoms with E-state index in [2.05, 4.69) is 0 Å². The Morgan fingerprint density at radius 3 is 2.48 bits per heavy atom. The van der Waals surface area contributed by atoms with Gasteiger partial charge in [-0.25, -0.2) is 8.42 Å². The van der Waals surface area contributed by atoms with E-state index in [4.69, 9.17) is 10.5 Å². The Bertz CT molecular complexity index is 857. The summed E-state index contributed by atoms with van der Waals surface area (Å²) in [5.74, 6) is 0.709. The van der Waals surface area contributed by atoms with Crippen molar-refractivity contribution in [2.45, 2.75) is 25.2 Å². The van der Waals surface area contributed by atoms with Gasteiger partial charge in [-0.15, -0.1) is 12.4 Å². The van der Waals surface area contributed by atoms with Gasteiger partial charge in [-0.1, -0.05) is 31.2 Å². The van der Waals surface area contributed by atoms with Crippen LogP contribution in [0.3, 0.4) is 0 Å². The maximum atomic E-state index is 13.2. The maximum Gasteiger partial charge on any atom is 0.243 e. The van der Waals surface area contributed by atoms with Gasteiger partial charge in [0.15, 0.2) is 0 Å². The van der Waals surface area contributed by atoms with Crippen LogP contribution >= 0.6 is 12.4 Å². The smallest absolute Gasteiger partial charge is 0.243 e. The van der Waals surface area contributed by atoms with Gasteiger partial charge in [0, 0.05) is 23.9 Å². The summed E-state index contributed by atoms with van der Waals surface area (Å²) in [7, 11) is -3.56. The molecule has 0 bridgehead atoms. The molecule has 1 unspecified atom stereocenters. The molecule has 138 valence electrons. The average molecular weight is 385 g/mol. The van der Waals surface area contributed by atoms with Gasteiger partial charge in [-0.2, -0.15) is 4.31 Å². The lowest BCUT2D eigenvalue weighted by Gasteiger charge is -2.23. The highest BCUT2D eigenvalue weighted by Gasteiger charge is 2.39. The minimum atomic E-state index is -3.56. The fourth-order valence-electron chi connectivity index (χ4n) is 3.24. The first-order valence-corrected chi connectivity index (χ1v) is 9.70. The average Bonchev–Trinajstić information content (AvgIpc) is 2.99. The van der Waals surface area contributed by atoms with Crippen LogP contribution in [0.15, 0.2) is 41.3 Å². The fourth-order valence-corrected chi connectivity index (χ4v) is 5.03. The van der Waals surface area contributed by atoms with Crippen molar-refractivity contribution in [1.82, 2.24) is 4.31 Å². The Morgan fingerprint density at radius 2 is 1.88 bits per heavy atom. The van der Waals surface area contributed by atoms with Crippen LogP contribution in [0.1, 0.15) is 20.3 Å². The van der Waals surface area contributed by atoms with Crippen LogP contribution in [0.2, 0.25) is 0 Å². The zero-order chi connectivity index (χ0) is 17.4. The van der Waals surface area contributed by atoms with Crippen LogP contribution in [0.4, 0.5) is 0 Å². The predicted molar refractivity (Wildman–Crippen MR) is 103 cm³/mol. The molecule has 0 aliphatic carbocycles. The molecule has 3 rings (SSSR count). The second-order valence-electron chi connectivity index (χ2n) is 6.64. The summed E-state index contributed by atoms with van der Waals surface area (Å²) in [6.07, 6.45) is 0.789. The van der Waals surface area contributed by atoms with Crippen LogP contribution in [0, 0.1) is 5.41 Å². The van der Waals surface area contributed by atoms with Gasteiger partial charge >= 0.3 is 0 Å². The number of ether oxygens (including phenoxy) is 1. The third-order valence-corrected chi connectivity index (χ3v) is 6.68. The minimum Gasteiger partial charge on any atom is -0.493 e. The lowest BCUT2D eigenvalue weighted by molar-refractivity contribution is 0.344. The first-order chi connectivity index (χ1) is 11.4. The van der Waals surface area contributed by atoms with E-state index in [-0.39, 0.29) is 17.8 Å². The maximum absolute atomic E-state index is 13.2. The molecule has 1 saturated heterocycles. The number of nitrogens with zero attached hydrogens (tertiary/aromatic N) is 1. The van der Waals surface area contributed by atoms with Crippen molar-refractivity contribution in [3.63, 3.8) is 0 Å². The van der Waals surface area contributed by atoms with Gasteiger partial charge in [0.1, 0.15) is 5.75 Å². The molecule has 1 aliphatic heterocycles. The largest absolute Gasteiger partial charge is 0.493 e. The summed E-state index contributed by atoms with van der Waals surface area (Å²) < 4.78 is 33.5. The van der Waals surface area contributed by atoms with E-state index >= 15 is 0 Å². The topological polar surface area (TPSA) is 72.6 Å². The first kappa shape index (κ1) is 20.0. The number of hydrogen-bond donors (Lipinski definition) is 1. The van der Waals surface area contributed by atoms with Gasteiger partial charge in [0.2, 0.25) is 10.0 Å². The number of rotatable bonds is 5. The summed E-state index contributed by atoms with van der Waals surface area (Å²) >= 11 is 0. The Balaban J connectivity index is 0.00000225. The molecule has 2 aromatic carbocycles. The SMILES string of the molecule is CCOc1ccc(S(=O)(=O)N2CCC(C)(CN)C2)c2ccccc12.Cl. The first-order valence-electron chi connectivity index (χ1n) is 8.26. The molecule has 0 saturated carbocycles. The molecule has 1 heterocycles. The van der Waals surface area contributed by atoms with Crippen LogP contribution in [-0.2, 0) is 10.0 Å². The summed E-state index contributed by atoms with van der Waals surface area (Å²) in [5, 5.41) is 1.52. The number of nitrogens with two attached hydrogens (primary N) is 1. The Morgan fingerprint density at radius 1 is 1.20 bits per heavy atom. The second-order valence-corrected chi connectivity index (χ2v) is 8.55. The Labute approximate surface area is 155 Å². The molecule has 2 N–H and O–H groups in total. The Hall–Kier alpha value is -1.34. The van der Waals surface area contributed by atoms with Crippen LogP contribution in [0.5, 0.6) is 5.75 Å². The molecule has 1 atom stereocenters. The van der Waals surface area contributed by atoms with Gasteiger partial charge in [0.05, 0.1) is 11.5 Å². The van der Waals surface area contributed by atoms with Crippen molar-refractivity contribution >= 4 is 33.2 Å². The third kappa shape index (κ3) is 3.62. The van der Waals surface area contributed by atoms with Crippen molar-refractivity contribution in [3.05, 3.63) is 36.4 Å². The normalized spacial score (nSPS) is 21.2. The molecule has 25 heavy (non-hydrogen) atoms. The van der Waals surface area contributed by atoms with Crippen LogP contribution in [-0.4, -0.2) is 39.0 Å². The highest BCUT2D eigenvalue weighted by atomic mass is 35.5. The number of sulfonamides is 1. The molecule has 1 aliphatic rings. The summed E-state index contributed by atoms with van der Waals surface area (Å²) in [4.78, 5) is 0.336.